The predicted octanol–water partition coefficient (Wildman–Crippen LogP) is 2.25. The van der Waals surface area contributed by atoms with Crippen molar-refractivity contribution in [1.82, 2.24) is 4.98 Å². The largest absolute Gasteiger partial charge is 0.366 e. The molecule has 5 nitrogen and oxygen atoms in total. The third kappa shape index (κ3) is 3.05. The summed E-state index contributed by atoms with van der Waals surface area (Å²) in [6.07, 6.45) is 2.54. The Kier molecular flexibility index (Phi) is 3.77. The molecular formula is C12H11BrN2O3S. The minimum Gasteiger partial charge on any atom is -0.366 e. The van der Waals surface area contributed by atoms with Gasteiger partial charge in [-0.15, -0.1) is 0 Å². The number of rotatable bonds is 3. The average molecular weight is 343 g/mol. The fourth-order valence-corrected chi connectivity index (χ4v) is 2.96. The third-order valence-corrected chi connectivity index (χ3v) is 4.76. The highest BCUT2D eigenvalue weighted by Gasteiger charge is 2.17. The zero-order chi connectivity index (χ0) is 14.0. The molecule has 2 aromatic rings. The molecule has 0 amide bonds. The normalized spacial score (nSPS) is 11.3. The molecule has 1 aromatic carbocycles. The van der Waals surface area contributed by atoms with Crippen LogP contribution in [0, 0.1) is 6.92 Å². The van der Waals surface area contributed by atoms with Gasteiger partial charge in [-0.05, 0) is 24.6 Å². The molecule has 0 atom stereocenters. The number of hydrogen-bond acceptors (Lipinski definition) is 3. The molecule has 0 radical (unpaired) electrons. The fourth-order valence-electron chi connectivity index (χ4n) is 1.48. The number of H-pyrrole nitrogens is 1. The number of hydrogen-bond donors (Lipinski definition) is 2. The van der Waals surface area contributed by atoms with E-state index in [0.29, 0.717) is 5.69 Å². The van der Waals surface area contributed by atoms with Gasteiger partial charge in [0.05, 0.1) is 0 Å². The Morgan fingerprint density at radius 2 is 2.00 bits per heavy atom. The predicted molar refractivity (Wildman–Crippen MR) is 76.8 cm³/mol. The Labute approximate surface area is 118 Å². The Hall–Kier alpha value is -1.60. The molecule has 7 heteroatoms. The molecule has 1 aromatic heterocycles. The van der Waals surface area contributed by atoms with Gasteiger partial charge in [0.2, 0.25) is 5.43 Å². The number of nitrogens with one attached hydrogen (secondary N) is 2. The smallest absolute Gasteiger partial charge is 0.267 e. The van der Waals surface area contributed by atoms with E-state index >= 15 is 0 Å². The van der Waals surface area contributed by atoms with Crippen LogP contribution < -0.4 is 10.2 Å². The van der Waals surface area contributed by atoms with Crippen molar-refractivity contribution in [2.24, 2.45) is 0 Å². The van der Waals surface area contributed by atoms with Crippen LogP contribution >= 0.6 is 15.9 Å². The van der Waals surface area contributed by atoms with Crippen molar-refractivity contribution in [2.75, 3.05) is 4.72 Å². The fraction of sp³-hybridized carbons (Fsp3) is 0.0833. The van der Waals surface area contributed by atoms with E-state index in [-0.39, 0.29) is 4.90 Å². The van der Waals surface area contributed by atoms with Crippen molar-refractivity contribution in [2.45, 2.75) is 11.8 Å². The Balaban J connectivity index is 2.40. The second kappa shape index (κ2) is 5.18. The molecule has 0 unspecified atom stereocenters. The van der Waals surface area contributed by atoms with Crippen LogP contribution in [0.2, 0.25) is 0 Å². The van der Waals surface area contributed by atoms with Gasteiger partial charge < -0.3 is 4.98 Å². The van der Waals surface area contributed by atoms with E-state index < -0.39 is 15.5 Å². The second-order valence-corrected chi connectivity index (χ2v) is 6.45. The summed E-state index contributed by atoms with van der Waals surface area (Å²) in [6, 6.07) is 6.22. The van der Waals surface area contributed by atoms with Gasteiger partial charge in [-0.2, -0.15) is 0 Å². The Morgan fingerprint density at radius 1 is 1.26 bits per heavy atom. The van der Waals surface area contributed by atoms with E-state index in [9.17, 15) is 13.2 Å². The number of benzene rings is 1. The molecule has 100 valence electrons. The van der Waals surface area contributed by atoms with Crippen molar-refractivity contribution < 1.29 is 8.42 Å². The van der Waals surface area contributed by atoms with Gasteiger partial charge in [-0.3, -0.25) is 9.52 Å². The van der Waals surface area contributed by atoms with E-state index in [1.807, 2.05) is 6.92 Å². The third-order valence-electron chi connectivity index (χ3n) is 2.50. The van der Waals surface area contributed by atoms with Gasteiger partial charge in [0.1, 0.15) is 0 Å². The quantitative estimate of drug-likeness (QED) is 0.897. The van der Waals surface area contributed by atoms with E-state index in [4.69, 9.17) is 0 Å². The van der Waals surface area contributed by atoms with Crippen LogP contribution in [-0.2, 0) is 10.0 Å². The molecule has 0 saturated carbocycles. The number of sulfonamides is 1. The summed E-state index contributed by atoms with van der Waals surface area (Å²) < 4.78 is 27.3. The molecule has 0 bridgehead atoms. The topological polar surface area (TPSA) is 79.0 Å². The number of aromatic nitrogens is 1. The van der Waals surface area contributed by atoms with Crippen LogP contribution in [0.25, 0.3) is 0 Å². The molecule has 0 spiro atoms. The summed E-state index contributed by atoms with van der Waals surface area (Å²) in [6.45, 7) is 1.89. The lowest BCUT2D eigenvalue weighted by molar-refractivity contribution is 0.600. The zero-order valence-electron chi connectivity index (χ0n) is 9.98. The first-order chi connectivity index (χ1) is 8.90. The SMILES string of the molecule is Cc1ccc(NS(=O)(=O)c2c[nH]ccc2=O)cc1Br. The van der Waals surface area contributed by atoms with Crippen molar-refractivity contribution in [3.05, 3.63) is 56.9 Å². The van der Waals surface area contributed by atoms with Crippen LogP contribution in [0.4, 0.5) is 5.69 Å². The molecule has 2 N–H and O–H groups in total. The lowest BCUT2D eigenvalue weighted by atomic mass is 10.2. The summed E-state index contributed by atoms with van der Waals surface area (Å²) in [5.74, 6) is 0. The number of anilines is 1. The molecule has 19 heavy (non-hydrogen) atoms. The molecule has 0 aliphatic carbocycles. The molecule has 0 saturated heterocycles. The lowest BCUT2D eigenvalue weighted by Crippen LogP contribution is -2.20. The van der Waals surface area contributed by atoms with E-state index in [2.05, 4.69) is 25.6 Å². The molecule has 1 heterocycles. The summed E-state index contributed by atoms with van der Waals surface area (Å²) in [4.78, 5) is 13.8. The van der Waals surface area contributed by atoms with E-state index in [1.54, 1.807) is 18.2 Å². The van der Waals surface area contributed by atoms with Gasteiger partial charge >= 0.3 is 0 Å². The Bertz CT molecular complexity index is 769. The Morgan fingerprint density at radius 3 is 2.63 bits per heavy atom. The molecule has 0 aliphatic heterocycles. The maximum Gasteiger partial charge on any atom is 0.267 e. The van der Waals surface area contributed by atoms with Gasteiger partial charge in [0.25, 0.3) is 10.0 Å². The average Bonchev–Trinajstić information content (AvgIpc) is 2.34. The van der Waals surface area contributed by atoms with Crippen LogP contribution in [-0.4, -0.2) is 13.4 Å². The van der Waals surface area contributed by atoms with Crippen LogP contribution in [0.5, 0.6) is 0 Å². The highest BCUT2D eigenvalue weighted by molar-refractivity contribution is 9.10. The van der Waals surface area contributed by atoms with E-state index in [1.165, 1.54) is 12.3 Å². The minimum absolute atomic E-state index is 0.313. The summed E-state index contributed by atoms with van der Waals surface area (Å²) in [5, 5.41) is 0. The molecule has 0 aliphatic rings. The maximum atomic E-state index is 12.1. The molecule has 2 rings (SSSR count). The first kappa shape index (κ1) is 13.8. The van der Waals surface area contributed by atoms with Gasteiger partial charge in [-0.25, -0.2) is 8.42 Å². The lowest BCUT2D eigenvalue weighted by Gasteiger charge is -2.08. The van der Waals surface area contributed by atoms with Crippen molar-refractivity contribution in [3.63, 3.8) is 0 Å². The number of halogens is 1. The monoisotopic (exact) mass is 342 g/mol. The van der Waals surface area contributed by atoms with Crippen LogP contribution in [0.3, 0.4) is 0 Å². The van der Waals surface area contributed by atoms with Gasteiger partial charge in [0, 0.05) is 28.6 Å². The van der Waals surface area contributed by atoms with Crippen molar-refractivity contribution in [1.29, 1.82) is 0 Å². The highest BCUT2D eigenvalue weighted by atomic mass is 79.9. The first-order valence-corrected chi connectivity index (χ1v) is 7.64. The van der Waals surface area contributed by atoms with Crippen molar-refractivity contribution >= 4 is 31.6 Å². The summed E-state index contributed by atoms with van der Waals surface area (Å²) in [5.41, 5.74) is 0.818. The number of aromatic amines is 1. The summed E-state index contributed by atoms with van der Waals surface area (Å²) in [7, 11) is -3.89. The van der Waals surface area contributed by atoms with Crippen molar-refractivity contribution in [3.8, 4) is 0 Å². The van der Waals surface area contributed by atoms with Gasteiger partial charge in [0.15, 0.2) is 4.90 Å². The molecule has 0 fully saturated rings. The number of pyridine rings is 1. The first-order valence-electron chi connectivity index (χ1n) is 5.36. The minimum atomic E-state index is -3.89. The molecular weight excluding hydrogens is 332 g/mol. The maximum absolute atomic E-state index is 12.1. The van der Waals surface area contributed by atoms with Gasteiger partial charge in [-0.1, -0.05) is 22.0 Å². The standard InChI is InChI=1S/C12H11BrN2O3S/c1-8-2-3-9(6-10(8)13)15-19(17,18)12-7-14-5-4-11(12)16/h2-7,15H,1H3,(H,14,16). The summed E-state index contributed by atoms with van der Waals surface area (Å²) >= 11 is 3.32. The van der Waals surface area contributed by atoms with Crippen LogP contribution in [0.15, 0.2) is 50.8 Å². The van der Waals surface area contributed by atoms with E-state index in [0.717, 1.165) is 16.2 Å². The highest BCUT2D eigenvalue weighted by Crippen LogP contribution is 2.22. The number of aryl methyl sites for hydroxylation is 1. The second-order valence-electron chi connectivity index (χ2n) is 3.94. The van der Waals surface area contributed by atoms with Crippen LogP contribution in [0.1, 0.15) is 5.56 Å². The zero-order valence-corrected chi connectivity index (χ0v) is 12.4.